The third-order valence-corrected chi connectivity index (χ3v) is 5.55. The predicted octanol–water partition coefficient (Wildman–Crippen LogP) is 2.69. The monoisotopic (exact) mass is 380 g/mol. The maximum Gasteiger partial charge on any atom is 0.237 e. The number of anilines is 1. The summed E-state index contributed by atoms with van der Waals surface area (Å²) in [6, 6.07) is 13.4. The van der Waals surface area contributed by atoms with Gasteiger partial charge in [0.2, 0.25) is 11.8 Å². The molecular weight excluding hydrogens is 360 g/mol. The molecule has 1 aliphatic rings. The number of fused-ring (bicyclic) bond motifs is 1. The Hall–Kier alpha value is -2.77. The number of benzene rings is 2. The fraction of sp³-hybridized carbons (Fsp3) is 0.250. The molecule has 2 amide bonds. The van der Waals surface area contributed by atoms with E-state index in [1.165, 1.54) is 10.3 Å². The molecule has 138 valence electrons. The number of rotatable bonds is 4. The van der Waals surface area contributed by atoms with Gasteiger partial charge in [0, 0.05) is 24.3 Å². The second kappa shape index (κ2) is 7.46. The lowest BCUT2D eigenvalue weighted by molar-refractivity contribution is -0.127. The minimum Gasteiger partial charge on any atom is -0.353 e. The summed E-state index contributed by atoms with van der Waals surface area (Å²) in [4.78, 5) is 28.6. The van der Waals surface area contributed by atoms with Crippen LogP contribution in [0.4, 0.5) is 5.69 Å². The number of piperazine rings is 1. The van der Waals surface area contributed by atoms with E-state index in [9.17, 15) is 9.59 Å². The number of nitrogens with zero attached hydrogens (tertiary/aromatic N) is 1. The number of hydrogen-bond acceptors (Lipinski definition) is 5. The minimum absolute atomic E-state index is 0.116. The van der Waals surface area contributed by atoms with Gasteiger partial charge in [0.1, 0.15) is 5.01 Å². The van der Waals surface area contributed by atoms with E-state index < -0.39 is 6.04 Å². The maximum absolute atomic E-state index is 12.2. The van der Waals surface area contributed by atoms with Gasteiger partial charge in [0.25, 0.3) is 0 Å². The first-order valence-electron chi connectivity index (χ1n) is 8.87. The fourth-order valence-corrected chi connectivity index (χ4v) is 4.13. The van der Waals surface area contributed by atoms with E-state index >= 15 is 0 Å². The molecule has 0 spiro atoms. The van der Waals surface area contributed by atoms with Crippen molar-refractivity contribution in [1.29, 1.82) is 0 Å². The Balaban J connectivity index is 1.43. The first-order valence-corrected chi connectivity index (χ1v) is 9.69. The molecule has 2 heterocycles. The van der Waals surface area contributed by atoms with Gasteiger partial charge in [-0.3, -0.25) is 9.59 Å². The van der Waals surface area contributed by atoms with Crippen molar-refractivity contribution in [2.45, 2.75) is 19.4 Å². The fourth-order valence-electron chi connectivity index (χ4n) is 3.06. The summed E-state index contributed by atoms with van der Waals surface area (Å²) in [6.07, 6.45) is 0.116. The predicted molar refractivity (Wildman–Crippen MR) is 108 cm³/mol. The van der Waals surface area contributed by atoms with Crippen LogP contribution in [0.25, 0.3) is 20.8 Å². The Kier molecular flexibility index (Phi) is 4.87. The minimum atomic E-state index is -0.468. The largest absolute Gasteiger partial charge is 0.353 e. The molecule has 0 bridgehead atoms. The van der Waals surface area contributed by atoms with E-state index in [0.29, 0.717) is 18.8 Å². The van der Waals surface area contributed by atoms with Gasteiger partial charge in [-0.1, -0.05) is 6.07 Å². The topological polar surface area (TPSA) is 83.1 Å². The molecule has 1 aliphatic heterocycles. The Morgan fingerprint density at radius 1 is 1.22 bits per heavy atom. The zero-order valence-electron chi connectivity index (χ0n) is 14.9. The third kappa shape index (κ3) is 3.99. The van der Waals surface area contributed by atoms with Crippen LogP contribution in [0.2, 0.25) is 0 Å². The van der Waals surface area contributed by atoms with Gasteiger partial charge in [-0.25, -0.2) is 4.98 Å². The molecule has 6 nitrogen and oxygen atoms in total. The second-order valence-electron chi connectivity index (χ2n) is 6.62. The number of thiazole rings is 1. The Morgan fingerprint density at radius 2 is 2.04 bits per heavy atom. The molecule has 0 saturated carbocycles. The molecule has 4 rings (SSSR count). The van der Waals surface area contributed by atoms with Crippen molar-refractivity contribution in [1.82, 2.24) is 15.6 Å². The maximum atomic E-state index is 12.2. The molecule has 7 heteroatoms. The molecule has 0 radical (unpaired) electrons. The lowest BCUT2D eigenvalue weighted by atomic mass is 10.1. The number of nitrogens with one attached hydrogen (secondary N) is 3. The van der Waals surface area contributed by atoms with Crippen LogP contribution >= 0.6 is 11.3 Å². The van der Waals surface area contributed by atoms with Crippen molar-refractivity contribution >= 4 is 39.1 Å². The average Bonchev–Trinajstić information content (AvgIpc) is 3.07. The van der Waals surface area contributed by atoms with Crippen molar-refractivity contribution in [2.24, 2.45) is 0 Å². The number of aromatic nitrogens is 1. The highest BCUT2D eigenvalue weighted by Crippen LogP contribution is 2.31. The van der Waals surface area contributed by atoms with Crippen LogP contribution in [0.15, 0.2) is 42.5 Å². The SMILES string of the molecule is Cc1ccc2nc(-c3ccc(NC(=O)C[C@@H]4NCCNC4=O)cc3)sc2c1. The first-order chi connectivity index (χ1) is 13.1. The van der Waals surface area contributed by atoms with Crippen molar-refractivity contribution in [3.8, 4) is 10.6 Å². The van der Waals surface area contributed by atoms with E-state index in [1.54, 1.807) is 11.3 Å². The number of carbonyl (C=O) groups excluding carboxylic acids is 2. The zero-order valence-corrected chi connectivity index (χ0v) is 15.7. The summed E-state index contributed by atoms with van der Waals surface area (Å²) < 4.78 is 1.17. The van der Waals surface area contributed by atoms with Gasteiger partial charge in [-0.05, 0) is 48.9 Å². The lowest BCUT2D eigenvalue weighted by Gasteiger charge is -2.22. The third-order valence-electron chi connectivity index (χ3n) is 4.48. The summed E-state index contributed by atoms with van der Waals surface area (Å²) in [5.74, 6) is -0.314. The molecule has 0 unspecified atom stereocenters. The molecule has 27 heavy (non-hydrogen) atoms. The molecule has 3 N–H and O–H groups in total. The molecule has 2 aromatic carbocycles. The molecule has 3 aromatic rings. The van der Waals surface area contributed by atoms with Crippen LogP contribution in [0.3, 0.4) is 0 Å². The van der Waals surface area contributed by atoms with Crippen LogP contribution in [0.1, 0.15) is 12.0 Å². The molecule has 1 fully saturated rings. The van der Waals surface area contributed by atoms with Gasteiger partial charge >= 0.3 is 0 Å². The average molecular weight is 380 g/mol. The van der Waals surface area contributed by atoms with Gasteiger partial charge < -0.3 is 16.0 Å². The van der Waals surface area contributed by atoms with Gasteiger partial charge in [-0.15, -0.1) is 11.3 Å². The van der Waals surface area contributed by atoms with Crippen LogP contribution in [-0.2, 0) is 9.59 Å². The first kappa shape index (κ1) is 17.6. The number of amides is 2. The normalized spacial score (nSPS) is 16.9. The molecule has 1 atom stereocenters. The summed E-state index contributed by atoms with van der Waals surface area (Å²) >= 11 is 1.66. The van der Waals surface area contributed by atoms with Gasteiger partial charge in [0.15, 0.2) is 0 Å². The lowest BCUT2D eigenvalue weighted by Crippen LogP contribution is -2.53. The van der Waals surface area contributed by atoms with E-state index in [1.807, 2.05) is 30.3 Å². The van der Waals surface area contributed by atoms with Crippen molar-refractivity contribution in [2.75, 3.05) is 18.4 Å². The second-order valence-corrected chi connectivity index (χ2v) is 7.65. The summed E-state index contributed by atoms with van der Waals surface area (Å²) in [7, 11) is 0. The number of hydrogen-bond donors (Lipinski definition) is 3. The highest BCUT2D eigenvalue weighted by molar-refractivity contribution is 7.21. The highest BCUT2D eigenvalue weighted by atomic mass is 32.1. The Morgan fingerprint density at radius 3 is 2.81 bits per heavy atom. The molecular formula is C20H20N4O2S. The standard InChI is InChI=1S/C20H20N4O2S/c1-12-2-7-15-17(10-12)27-20(24-15)13-3-5-14(6-4-13)23-18(25)11-16-19(26)22-9-8-21-16/h2-7,10,16,21H,8-9,11H2,1H3,(H,22,26)(H,23,25)/t16-/m0/s1. The summed E-state index contributed by atoms with van der Waals surface area (Å²) in [5.41, 5.74) is 3.94. The van der Waals surface area contributed by atoms with Crippen molar-refractivity contribution in [3.05, 3.63) is 48.0 Å². The smallest absolute Gasteiger partial charge is 0.237 e. The summed E-state index contributed by atoms with van der Waals surface area (Å²) in [6.45, 7) is 3.35. The number of aryl methyl sites for hydroxylation is 1. The molecule has 1 saturated heterocycles. The summed E-state index contributed by atoms with van der Waals surface area (Å²) in [5, 5.41) is 9.61. The van der Waals surface area contributed by atoms with Crippen molar-refractivity contribution in [3.63, 3.8) is 0 Å². The quantitative estimate of drug-likeness (QED) is 0.650. The van der Waals surface area contributed by atoms with E-state index in [0.717, 1.165) is 16.1 Å². The van der Waals surface area contributed by atoms with Crippen LogP contribution in [0.5, 0.6) is 0 Å². The van der Waals surface area contributed by atoms with E-state index in [2.05, 4.69) is 40.0 Å². The van der Waals surface area contributed by atoms with E-state index in [4.69, 9.17) is 0 Å². The van der Waals surface area contributed by atoms with Crippen molar-refractivity contribution < 1.29 is 9.59 Å². The van der Waals surface area contributed by atoms with Gasteiger partial charge in [-0.2, -0.15) is 0 Å². The Bertz CT molecular complexity index is 997. The number of carbonyl (C=O) groups is 2. The molecule has 0 aliphatic carbocycles. The van der Waals surface area contributed by atoms with E-state index in [-0.39, 0.29) is 18.2 Å². The van der Waals surface area contributed by atoms with Crippen LogP contribution < -0.4 is 16.0 Å². The highest BCUT2D eigenvalue weighted by Gasteiger charge is 2.24. The zero-order chi connectivity index (χ0) is 18.8. The van der Waals surface area contributed by atoms with Crippen LogP contribution in [0, 0.1) is 6.92 Å². The van der Waals surface area contributed by atoms with Gasteiger partial charge in [0.05, 0.1) is 22.7 Å². The Labute approximate surface area is 161 Å². The molecule has 1 aromatic heterocycles. The van der Waals surface area contributed by atoms with Crippen LogP contribution in [-0.4, -0.2) is 35.9 Å².